The first-order valence-corrected chi connectivity index (χ1v) is 7.04. The molecule has 0 fully saturated rings. The molecule has 0 N–H and O–H groups in total. The standard InChI is InChI=1S/C18H11F3O/c19-18(20,21)15-9-14-12(7-8-16(14)22)13-6-5-10-3-1-2-4-11(10)17(13)15/h1-6,9H,7-8H2. The Morgan fingerprint density at radius 1 is 0.909 bits per heavy atom. The molecule has 0 spiro atoms. The second-order valence-electron chi connectivity index (χ2n) is 5.58. The van der Waals surface area contributed by atoms with E-state index in [2.05, 4.69) is 0 Å². The highest BCUT2D eigenvalue weighted by Crippen LogP contribution is 2.42. The SMILES string of the molecule is O=C1CCc2c1cc(C(F)(F)F)c1c2ccc2ccccc21. The van der Waals surface area contributed by atoms with E-state index >= 15 is 0 Å². The topological polar surface area (TPSA) is 17.1 Å². The van der Waals surface area contributed by atoms with Crippen LogP contribution in [0.25, 0.3) is 21.5 Å². The van der Waals surface area contributed by atoms with Crippen LogP contribution in [0.1, 0.15) is 27.9 Å². The zero-order chi connectivity index (χ0) is 15.5. The van der Waals surface area contributed by atoms with Gasteiger partial charge in [-0.25, -0.2) is 0 Å². The zero-order valence-electron chi connectivity index (χ0n) is 11.5. The van der Waals surface area contributed by atoms with Gasteiger partial charge in [0.25, 0.3) is 0 Å². The second-order valence-corrected chi connectivity index (χ2v) is 5.58. The summed E-state index contributed by atoms with van der Waals surface area (Å²) in [4.78, 5) is 11.9. The monoisotopic (exact) mass is 300 g/mol. The third kappa shape index (κ3) is 1.76. The Labute approximate surface area is 124 Å². The fourth-order valence-electron chi connectivity index (χ4n) is 3.38. The van der Waals surface area contributed by atoms with Crippen molar-refractivity contribution >= 4 is 27.3 Å². The van der Waals surface area contributed by atoms with Gasteiger partial charge in [0.2, 0.25) is 0 Å². The van der Waals surface area contributed by atoms with Crippen molar-refractivity contribution in [3.63, 3.8) is 0 Å². The van der Waals surface area contributed by atoms with Crippen molar-refractivity contribution in [2.24, 2.45) is 0 Å². The van der Waals surface area contributed by atoms with Crippen molar-refractivity contribution in [1.82, 2.24) is 0 Å². The van der Waals surface area contributed by atoms with E-state index in [1.54, 1.807) is 30.3 Å². The largest absolute Gasteiger partial charge is 0.417 e. The summed E-state index contributed by atoms with van der Waals surface area (Å²) >= 11 is 0. The van der Waals surface area contributed by atoms with Crippen LogP contribution < -0.4 is 0 Å². The maximum Gasteiger partial charge on any atom is 0.417 e. The lowest BCUT2D eigenvalue weighted by Crippen LogP contribution is -2.08. The smallest absolute Gasteiger partial charge is 0.294 e. The minimum atomic E-state index is -4.49. The van der Waals surface area contributed by atoms with Crippen LogP contribution in [0.2, 0.25) is 0 Å². The maximum atomic E-state index is 13.5. The van der Waals surface area contributed by atoms with Gasteiger partial charge in [0, 0.05) is 17.4 Å². The van der Waals surface area contributed by atoms with Crippen LogP contribution in [0.15, 0.2) is 42.5 Å². The normalized spacial score (nSPS) is 14.8. The van der Waals surface area contributed by atoms with Crippen LogP contribution in [0.4, 0.5) is 13.2 Å². The Morgan fingerprint density at radius 3 is 2.45 bits per heavy atom. The maximum absolute atomic E-state index is 13.5. The molecule has 1 nitrogen and oxygen atoms in total. The van der Waals surface area contributed by atoms with E-state index in [0.29, 0.717) is 23.6 Å². The predicted octanol–water partition coefficient (Wildman–Crippen LogP) is 5.14. The first kappa shape index (κ1) is 13.3. The highest BCUT2D eigenvalue weighted by atomic mass is 19.4. The van der Waals surface area contributed by atoms with E-state index in [-0.39, 0.29) is 16.7 Å². The molecule has 4 heteroatoms. The van der Waals surface area contributed by atoms with E-state index < -0.39 is 11.7 Å². The number of halogens is 3. The van der Waals surface area contributed by atoms with Crippen molar-refractivity contribution in [1.29, 1.82) is 0 Å². The zero-order valence-corrected chi connectivity index (χ0v) is 11.5. The van der Waals surface area contributed by atoms with E-state index in [1.807, 2.05) is 6.07 Å². The Morgan fingerprint density at radius 2 is 1.68 bits per heavy atom. The highest BCUT2D eigenvalue weighted by molar-refractivity contribution is 6.14. The molecule has 0 amide bonds. The van der Waals surface area contributed by atoms with Crippen molar-refractivity contribution in [2.75, 3.05) is 0 Å². The molecule has 110 valence electrons. The summed E-state index contributed by atoms with van der Waals surface area (Å²) in [6, 6.07) is 11.6. The van der Waals surface area contributed by atoms with Crippen molar-refractivity contribution < 1.29 is 18.0 Å². The molecule has 0 aromatic heterocycles. The fraction of sp³-hybridized carbons (Fsp3) is 0.167. The van der Waals surface area contributed by atoms with Gasteiger partial charge in [-0.1, -0.05) is 36.4 Å². The number of rotatable bonds is 0. The molecular weight excluding hydrogens is 289 g/mol. The summed E-state index contributed by atoms with van der Waals surface area (Å²) < 4.78 is 40.6. The van der Waals surface area contributed by atoms with Gasteiger partial charge < -0.3 is 0 Å². The summed E-state index contributed by atoms with van der Waals surface area (Å²) in [7, 11) is 0. The van der Waals surface area contributed by atoms with Gasteiger partial charge in [0.15, 0.2) is 5.78 Å². The summed E-state index contributed by atoms with van der Waals surface area (Å²) in [5.41, 5.74) is 0.266. The molecule has 1 aliphatic rings. The molecule has 22 heavy (non-hydrogen) atoms. The molecule has 0 saturated carbocycles. The minimum absolute atomic E-state index is 0.199. The van der Waals surface area contributed by atoms with Gasteiger partial charge in [-0.2, -0.15) is 13.2 Å². The van der Waals surface area contributed by atoms with E-state index in [0.717, 1.165) is 17.0 Å². The Kier molecular flexibility index (Phi) is 2.61. The predicted molar refractivity (Wildman–Crippen MR) is 79.1 cm³/mol. The molecule has 0 bridgehead atoms. The fourth-order valence-corrected chi connectivity index (χ4v) is 3.38. The quantitative estimate of drug-likeness (QED) is 0.525. The van der Waals surface area contributed by atoms with E-state index in [1.165, 1.54) is 0 Å². The number of Topliss-reactive ketones (excluding diaryl/α,β-unsaturated/α-hetero) is 1. The third-order valence-electron chi connectivity index (χ3n) is 4.35. The van der Waals surface area contributed by atoms with Gasteiger partial charge >= 0.3 is 6.18 Å². The summed E-state index contributed by atoms with van der Waals surface area (Å²) in [6.07, 6.45) is -3.68. The molecule has 0 saturated heterocycles. The van der Waals surface area contributed by atoms with Gasteiger partial charge in [-0.05, 0) is 34.2 Å². The number of carbonyl (C=O) groups is 1. The molecular formula is C18H11F3O. The number of fused-ring (bicyclic) bond motifs is 5. The third-order valence-corrected chi connectivity index (χ3v) is 4.35. The molecule has 3 aromatic rings. The van der Waals surface area contributed by atoms with Crippen LogP contribution >= 0.6 is 0 Å². The van der Waals surface area contributed by atoms with Crippen molar-refractivity contribution in [3.05, 3.63) is 59.2 Å². The van der Waals surface area contributed by atoms with Gasteiger partial charge in [-0.3, -0.25) is 4.79 Å². The average Bonchev–Trinajstić information content (AvgIpc) is 2.86. The number of carbonyl (C=O) groups excluding carboxylic acids is 1. The number of hydrogen-bond donors (Lipinski definition) is 0. The highest BCUT2D eigenvalue weighted by Gasteiger charge is 2.36. The lowest BCUT2D eigenvalue weighted by atomic mass is 9.91. The lowest BCUT2D eigenvalue weighted by Gasteiger charge is -2.16. The van der Waals surface area contributed by atoms with Gasteiger partial charge in [0.05, 0.1) is 5.56 Å². The molecule has 0 aliphatic heterocycles. The van der Waals surface area contributed by atoms with Crippen LogP contribution in [-0.4, -0.2) is 5.78 Å². The number of hydrogen-bond acceptors (Lipinski definition) is 1. The van der Waals surface area contributed by atoms with Crippen LogP contribution in [-0.2, 0) is 12.6 Å². The number of ketones is 1. The number of alkyl halides is 3. The van der Waals surface area contributed by atoms with Crippen molar-refractivity contribution in [2.45, 2.75) is 19.0 Å². The molecule has 4 rings (SSSR count). The van der Waals surface area contributed by atoms with Crippen LogP contribution in [0.3, 0.4) is 0 Å². The molecule has 0 atom stereocenters. The Balaban J connectivity index is 2.27. The summed E-state index contributed by atoms with van der Waals surface area (Å²) in [5, 5.41) is 2.10. The lowest BCUT2D eigenvalue weighted by molar-refractivity contribution is -0.136. The molecule has 0 unspecified atom stereocenters. The number of aryl methyl sites for hydroxylation is 1. The average molecular weight is 300 g/mol. The molecule has 0 heterocycles. The van der Waals surface area contributed by atoms with E-state index in [9.17, 15) is 18.0 Å². The first-order chi connectivity index (χ1) is 10.5. The molecule has 0 radical (unpaired) electrons. The van der Waals surface area contributed by atoms with Crippen molar-refractivity contribution in [3.8, 4) is 0 Å². The van der Waals surface area contributed by atoms with Gasteiger partial charge in [-0.15, -0.1) is 0 Å². The summed E-state index contributed by atoms with van der Waals surface area (Å²) in [5.74, 6) is -0.199. The summed E-state index contributed by atoms with van der Waals surface area (Å²) in [6.45, 7) is 0. The molecule has 3 aromatic carbocycles. The first-order valence-electron chi connectivity index (χ1n) is 7.04. The van der Waals surface area contributed by atoms with E-state index in [4.69, 9.17) is 0 Å². The van der Waals surface area contributed by atoms with Crippen LogP contribution in [0.5, 0.6) is 0 Å². The van der Waals surface area contributed by atoms with Crippen LogP contribution in [0, 0.1) is 0 Å². The second kappa shape index (κ2) is 4.32. The number of benzene rings is 3. The minimum Gasteiger partial charge on any atom is -0.294 e. The molecule has 1 aliphatic carbocycles. The Hall–Kier alpha value is -2.36. The Bertz CT molecular complexity index is 938. The van der Waals surface area contributed by atoms with Gasteiger partial charge in [0.1, 0.15) is 0 Å².